The third-order valence-electron chi connectivity index (χ3n) is 5.31. The molecule has 1 aromatic carbocycles. The van der Waals surface area contributed by atoms with Crippen molar-refractivity contribution in [1.82, 2.24) is 30.6 Å². The molecule has 202 valence electrons. The van der Waals surface area contributed by atoms with Crippen LogP contribution in [0.2, 0.25) is 0 Å². The summed E-state index contributed by atoms with van der Waals surface area (Å²) in [5.41, 5.74) is 6.31. The molecule has 0 aliphatic rings. The van der Waals surface area contributed by atoms with E-state index in [4.69, 9.17) is 17.3 Å². The van der Waals surface area contributed by atoms with Crippen molar-refractivity contribution in [2.24, 2.45) is 0 Å². The fourth-order valence-corrected chi connectivity index (χ4v) is 3.36. The van der Waals surface area contributed by atoms with Gasteiger partial charge in [0.05, 0.1) is 18.4 Å². The van der Waals surface area contributed by atoms with E-state index in [9.17, 15) is 29.1 Å². The zero-order valence-electron chi connectivity index (χ0n) is 20.3. The van der Waals surface area contributed by atoms with E-state index in [2.05, 4.69) is 41.8 Å². The van der Waals surface area contributed by atoms with Crippen molar-refractivity contribution >= 4 is 46.6 Å². The van der Waals surface area contributed by atoms with E-state index >= 15 is 0 Å². The quantitative estimate of drug-likeness (QED) is 0.144. The SMILES string of the molecule is C#CC[C@H](NC(=O)[C@H](CCC(=O)O)NC(=O)c1ccc(NCc2cnc3nc(N)[nH]c(=O)c3n2)cc1)C(=O)O. The van der Waals surface area contributed by atoms with Crippen molar-refractivity contribution in [3.8, 4) is 12.3 Å². The maximum atomic E-state index is 12.7. The number of anilines is 2. The number of carboxylic acid groups (broad SMARTS) is 2. The molecule has 0 saturated carbocycles. The van der Waals surface area contributed by atoms with Crippen LogP contribution in [0, 0.1) is 12.3 Å². The zero-order chi connectivity index (χ0) is 28.5. The number of nitrogens with zero attached hydrogens (tertiary/aromatic N) is 3. The molecule has 2 heterocycles. The number of benzene rings is 1. The lowest BCUT2D eigenvalue weighted by Crippen LogP contribution is -2.51. The number of hydrogen-bond donors (Lipinski definition) is 7. The van der Waals surface area contributed by atoms with Crippen LogP contribution < -0.4 is 27.2 Å². The van der Waals surface area contributed by atoms with Gasteiger partial charge in [-0.3, -0.25) is 24.2 Å². The number of nitrogens with one attached hydrogen (secondary N) is 4. The van der Waals surface area contributed by atoms with Crippen molar-refractivity contribution in [2.45, 2.75) is 37.9 Å². The third kappa shape index (κ3) is 7.73. The Hall–Kier alpha value is -5.52. The summed E-state index contributed by atoms with van der Waals surface area (Å²) >= 11 is 0. The Bertz CT molecular complexity index is 1500. The molecule has 0 bridgehead atoms. The minimum Gasteiger partial charge on any atom is -0.481 e. The highest BCUT2D eigenvalue weighted by molar-refractivity contribution is 5.98. The van der Waals surface area contributed by atoms with Gasteiger partial charge in [0.25, 0.3) is 11.5 Å². The van der Waals surface area contributed by atoms with Gasteiger partial charge in [-0.1, -0.05) is 0 Å². The lowest BCUT2D eigenvalue weighted by atomic mass is 10.1. The summed E-state index contributed by atoms with van der Waals surface area (Å²) in [6.07, 6.45) is 5.56. The van der Waals surface area contributed by atoms with Crippen LogP contribution in [-0.4, -0.2) is 66.0 Å². The Kier molecular flexibility index (Phi) is 9.09. The van der Waals surface area contributed by atoms with Gasteiger partial charge in [0.2, 0.25) is 11.9 Å². The Labute approximate surface area is 220 Å². The van der Waals surface area contributed by atoms with Crippen LogP contribution in [0.3, 0.4) is 0 Å². The molecule has 39 heavy (non-hydrogen) atoms. The number of nitrogen functional groups attached to an aromatic ring is 1. The van der Waals surface area contributed by atoms with Crippen LogP contribution in [0.4, 0.5) is 11.6 Å². The summed E-state index contributed by atoms with van der Waals surface area (Å²) in [6.45, 7) is 0.193. The molecule has 0 unspecified atom stereocenters. The van der Waals surface area contributed by atoms with Crippen LogP contribution in [0.25, 0.3) is 11.2 Å². The average molecular weight is 537 g/mol. The molecule has 2 aromatic heterocycles. The Morgan fingerprint density at radius 3 is 2.44 bits per heavy atom. The van der Waals surface area contributed by atoms with Gasteiger partial charge in [0, 0.05) is 24.1 Å². The number of carbonyl (C=O) groups is 4. The number of amides is 2. The van der Waals surface area contributed by atoms with Gasteiger partial charge < -0.3 is 31.9 Å². The first-order valence-electron chi connectivity index (χ1n) is 11.4. The second-order valence-corrected chi connectivity index (χ2v) is 8.18. The average Bonchev–Trinajstić information content (AvgIpc) is 2.89. The van der Waals surface area contributed by atoms with Gasteiger partial charge in [-0.05, 0) is 30.7 Å². The number of terminal acetylenes is 1. The largest absolute Gasteiger partial charge is 0.481 e. The van der Waals surface area contributed by atoms with Crippen molar-refractivity contribution in [2.75, 3.05) is 11.1 Å². The fourth-order valence-electron chi connectivity index (χ4n) is 3.36. The summed E-state index contributed by atoms with van der Waals surface area (Å²) in [5.74, 6) is -2.05. The minimum absolute atomic E-state index is 0.0333. The summed E-state index contributed by atoms with van der Waals surface area (Å²) in [4.78, 5) is 74.2. The van der Waals surface area contributed by atoms with Gasteiger partial charge >= 0.3 is 11.9 Å². The van der Waals surface area contributed by atoms with Gasteiger partial charge in [-0.2, -0.15) is 4.98 Å². The number of H-pyrrole nitrogens is 1. The molecule has 15 heteroatoms. The molecular weight excluding hydrogens is 512 g/mol. The molecule has 8 N–H and O–H groups in total. The Balaban J connectivity index is 1.65. The van der Waals surface area contributed by atoms with Crippen molar-refractivity contribution < 1.29 is 29.4 Å². The van der Waals surface area contributed by atoms with Crippen LogP contribution in [0.1, 0.15) is 35.3 Å². The van der Waals surface area contributed by atoms with Gasteiger partial charge in [-0.25, -0.2) is 14.8 Å². The second kappa shape index (κ2) is 12.6. The standard InChI is InChI=1S/C24H24N8O7/c1-2-3-16(23(38)39)30-21(36)15(8-9-17(33)34)29-20(35)12-4-6-13(7-5-12)26-10-14-11-27-19-18(28-14)22(37)32-24(25)31-19/h1,4-7,11,15-16,26H,3,8-10H2,(H,29,35)(H,30,36)(H,33,34)(H,38,39)(H3,25,27,31,32,37)/t15-,16-/m0/s1. The first-order chi connectivity index (χ1) is 18.6. The molecule has 0 radical (unpaired) electrons. The number of carboxylic acids is 2. The van der Waals surface area contributed by atoms with E-state index in [-0.39, 0.29) is 42.1 Å². The molecule has 15 nitrogen and oxygen atoms in total. The van der Waals surface area contributed by atoms with E-state index in [1.54, 1.807) is 12.1 Å². The fraction of sp³-hybridized carbons (Fsp3) is 0.250. The molecule has 2 atom stereocenters. The predicted molar refractivity (Wildman–Crippen MR) is 137 cm³/mol. The molecular formula is C24H24N8O7. The van der Waals surface area contributed by atoms with E-state index < -0.39 is 47.8 Å². The lowest BCUT2D eigenvalue weighted by molar-refractivity contribution is -0.142. The summed E-state index contributed by atoms with van der Waals surface area (Å²) in [6, 6.07) is 3.39. The molecule has 0 saturated heterocycles. The van der Waals surface area contributed by atoms with E-state index in [1.165, 1.54) is 18.3 Å². The monoisotopic (exact) mass is 536 g/mol. The van der Waals surface area contributed by atoms with Crippen LogP contribution in [-0.2, 0) is 20.9 Å². The number of rotatable bonds is 12. The van der Waals surface area contributed by atoms with Crippen LogP contribution >= 0.6 is 0 Å². The maximum absolute atomic E-state index is 12.7. The first kappa shape index (κ1) is 28.1. The van der Waals surface area contributed by atoms with Crippen LogP contribution in [0.5, 0.6) is 0 Å². The van der Waals surface area contributed by atoms with Crippen LogP contribution in [0.15, 0.2) is 35.3 Å². The summed E-state index contributed by atoms with van der Waals surface area (Å²) < 4.78 is 0. The van der Waals surface area contributed by atoms with E-state index in [0.717, 1.165) is 0 Å². The molecule has 3 rings (SSSR count). The highest BCUT2D eigenvalue weighted by atomic mass is 16.4. The first-order valence-corrected chi connectivity index (χ1v) is 11.4. The normalized spacial score (nSPS) is 12.1. The predicted octanol–water partition coefficient (Wildman–Crippen LogP) is -0.537. The molecule has 2 amide bonds. The van der Waals surface area contributed by atoms with Crippen molar-refractivity contribution in [3.05, 3.63) is 52.1 Å². The van der Waals surface area contributed by atoms with E-state index in [1.807, 2.05) is 0 Å². The Morgan fingerprint density at radius 2 is 1.79 bits per heavy atom. The van der Waals surface area contributed by atoms with Gasteiger partial charge in [0.15, 0.2) is 11.2 Å². The zero-order valence-corrected chi connectivity index (χ0v) is 20.3. The number of hydrogen-bond acceptors (Lipinski definition) is 10. The van der Waals surface area contributed by atoms with Crippen molar-refractivity contribution in [3.63, 3.8) is 0 Å². The highest BCUT2D eigenvalue weighted by Gasteiger charge is 2.27. The molecule has 3 aromatic rings. The number of aliphatic carboxylic acids is 2. The van der Waals surface area contributed by atoms with E-state index in [0.29, 0.717) is 11.4 Å². The number of nitrogens with two attached hydrogens (primary N) is 1. The molecule has 0 aliphatic heterocycles. The summed E-state index contributed by atoms with van der Waals surface area (Å²) in [5, 5.41) is 25.9. The Morgan fingerprint density at radius 1 is 1.08 bits per heavy atom. The van der Waals surface area contributed by atoms with Gasteiger partial charge in [0.1, 0.15) is 12.1 Å². The molecule has 0 spiro atoms. The highest BCUT2D eigenvalue weighted by Crippen LogP contribution is 2.12. The van der Waals surface area contributed by atoms with Gasteiger partial charge in [-0.15, -0.1) is 12.3 Å². The number of carbonyl (C=O) groups excluding carboxylic acids is 2. The number of fused-ring (bicyclic) bond motifs is 1. The molecule has 0 fully saturated rings. The third-order valence-corrected chi connectivity index (χ3v) is 5.31. The second-order valence-electron chi connectivity index (χ2n) is 8.18. The number of aromatic nitrogens is 4. The van der Waals surface area contributed by atoms with Crippen molar-refractivity contribution in [1.29, 1.82) is 0 Å². The topological polar surface area (TPSA) is 242 Å². The summed E-state index contributed by atoms with van der Waals surface area (Å²) in [7, 11) is 0. The lowest BCUT2D eigenvalue weighted by Gasteiger charge is -2.20. The smallest absolute Gasteiger partial charge is 0.327 e. The molecule has 0 aliphatic carbocycles. The minimum atomic E-state index is -1.39. The number of aromatic amines is 1. The maximum Gasteiger partial charge on any atom is 0.327 e.